The van der Waals surface area contributed by atoms with Gasteiger partial charge in [0.2, 0.25) is 23.6 Å². The first kappa shape index (κ1) is 29.4. The number of halogens is 3. The summed E-state index contributed by atoms with van der Waals surface area (Å²) < 4.78 is 46.7. The van der Waals surface area contributed by atoms with Crippen LogP contribution in [0.5, 0.6) is 0 Å². The van der Waals surface area contributed by atoms with E-state index in [1.165, 1.54) is 19.2 Å². The molecule has 224 valence electrons. The fourth-order valence-electron chi connectivity index (χ4n) is 4.62. The van der Waals surface area contributed by atoms with Gasteiger partial charge in [0.15, 0.2) is 0 Å². The van der Waals surface area contributed by atoms with Gasteiger partial charge in [0.1, 0.15) is 18.0 Å². The summed E-state index contributed by atoms with van der Waals surface area (Å²) in [6.45, 7) is 0.467. The van der Waals surface area contributed by atoms with E-state index in [-0.39, 0.29) is 29.0 Å². The molecule has 4 N–H and O–H groups in total. The number of aliphatic hydroxyl groups is 1. The maximum atomic E-state index is 13.8. The van der Waals surface area contributed by atoms with Crippen LogP contribution in [0.2, 0.25) is 0 Å². The summed E-state index contributed by atoms with van der Waals surface area (Å²) in [6, 6.07) is 12.9. The molecular formula is C28H27F3N8O4. The number of anilines is 4. The number of piperidine rings is 1. The first-order valence-electron chi connectivity index (χ1n) is 13.3. The van der Waals surface area contributed by atoms with Crippen molar-refractivity contribution in [2.24, 2.45) is 0 Å². The molecular weight excluding hydrogens is 569 g/mol. The SMILES string of the molecule is CNC(=O)c1ccccc1Nc1nc(Nc2ccc(-c3noc(C4CCN(C(=O)CO)CC4)n3)cc2)ncc1C(F)(F)F. The van der Waals surface area contributed by atoms with Crippen molar-refractivity contribution in [3.8, 4) is 11.4 Å². The molecule has 0 aliphatic carbocycles. The molecule has 0 spiro atoms. The number of nitrogens with zero attached hydrogens (tertiary/aromatic N) is 5. The molecule has 0 bridgehead atoms. The van der Waals surface area contributed by atoms with E-state index < -0.39 is 30.1 Å². The Kier molecular flexibility index (Phi) is 8.52. The van der Waals surface area contributed by atoms with Gasteiger partial charge in [-0.1, -0.05) is 17.3 Å². The zero-order valence-corrected chi connectivity index (χ0v) is 22.9. The molecule has 2 amide bonds. The number of likely N-dealkylation sites (tertiary alicyclic amines) is 1. The molecule has 0 saturated carbocycles. The molecule has 1 saturated heterocycles. The number of aromatic nitrogens is 4. The second-order valence-electron chi connectivity index (χ2n) is 9.68. The Morgan fingerprint density at radius 1 is 1.05 bits per heavy atom. The number of rotatable bonds is 8. The van der Waals surface area contributed by atoms with Gasteiger partial charge in [-0.05, 0) is 49.2 Å². The topological polar surface area (TPSA) is 158 Å². The maximum Gasteiger partial charge on any atom is 0.421 e. The van der Waals surface area contributed by atoms with Crippen LogP contribution < -0.4 is 16.0 Å². The third kappa shape index (κ3) is 6.72. The van der Waals surface area contributed by atoms with E-state index in [1.807, 2.05) is 0 Å². The molecule has 0 radical (unpaired) electrons. The number of para-hydroxylation sites is 1. The van der Waals surface area contributed by atoms with Gasteiger partial charge in [-0.3, -0.25) is 9.59 Å². The van der Waals surface area contributed by atoms with Gasteiger partial charge >= 0.3 is 6.18 Å². The van der Waals surface area contributed by atoms with Crippen LogP contribution in [0.15, 0.2) is 59.3 Å². The number of carbonyl (C=O) groups excluding carboxylic acids is 2. The highest BCUT2D eigenvalue weighted by Crippen LogP contribution is 2.36. The van der Waals surface area contributed by atoms with Crippen molar-refractivity contribution in [3.63, 3.8) is 0 Å². The van der Waals surface area contributed by atoms with Crippen LogP contribution in [0.4, 0.5) is 36.3 Å². The zero-order chi connectivity index (χ0) is 30.6. The Balaban J connectivity index is 1.30. The number of hydrogen-bond acceptors (Lipinski definition) is 10. The Morgan fingerprint density at radius 2 is 1.77 bits per heavy atom. The quantitative estimate of drug-likeness (QED) is 0.233. The predicted octanol–water partition coefficient (Wildman–Crippen LogP) is 4.09. The van der Waals surface area contributed by atoms with Gasteiger partial charge in [0, 0.05) is 43.5 Å². The normalized spacial score (nSPS) is 13.9. The zero-order valence-electron chi connectivity index (χ0n) is 22.9. The highest BCUT2D eigenvalue weighted by atomic mass is 19.4. The molecule has 2 aromatic carbocycles. The van der Waals surface area contributed by atoms with Crippen molar-refractivity contribution in [2.45, 2.75) is 24.9 Å². The van der Waals surface area contributed by atoms with Crippen LogP contribution in [-0.4, -0.2) is 68.7 Å². The molecule has 2 aromatic heterocycles. The van der Waals surface area contributed by atoms with Crippen molar-refractivity contribution < 1.29 is 32.4 Å². The minimum atomic E-state index is -4.75. The van der Waals surface area contributed by atoms with Gasteiger partial charge in [-0.15, -0.1) is 0 Å². The van der Waals surface area contributed by atoms with Crippen molar-refractivity contribution in [1.82, 2.24) is 30.3 Å². The molecule has 3 heterocycles. The van der Waals surface area contributed by atoms with Crippen LogP contribution in [0, 0.1) is 0 Å². The third-order valence-electron chi connectivity index (χ3n) is 6.92. The van der Waals surface area contributed by atoms with Crippen LogP contribution in [0.3, 0.4) is 0 Å². The number of alkyl halides is 3. The number of nitrogens with one attached hydrogen (secondary N) is 3. The first-order chi connectivity index (χ1) is 20.7. The molecule has 0 atom stereocenters. The fraction of sp³-hybridized carbons (Fsp3) is 0.286. The summed E-state index contributed by atoms with van der Waals surface area (Å²) in [5, 5.41) is 21.1. The van der Waals surface area contributed by atoms with Crippen LogP contribution in [0.1, 0.15) is 40.6 Å². The largest absolute Gasteiger partial charge is 0.421 e. The molecule has 15 heteroatoms. The number of aliphatic hydroxyl groups excluding tert-OH is 1. The molecule has 1 aliphatic rings. The van der Waals surface area contributed by atoms with E-state index in [9.17, 15) is 22.8 Å². The summed E-state index contributed by atoms with van der Waals surface area (Å²) in [6.07, 6.45) is -2.81. The molecule has 1 aliphatic heterocycles. The predicted molar refractivity (Wildman–Crippen MR) is 149 cm³/mol. The fourth-order valence-corrected chi connectivity index (χ4v) is 4.62. The van der Waals surface area contributed by atoms with Crippen molar-refractivity contribution in [1.29, 1.82) is 0 Å². The van der Waals surface area contributed by atoms with E-state index >= 15 is 0 Å². The van der Waals surface area contributed by atoms with E-state index in [4.69, 9.17) is 9.63 Å². The molecule has 1 fully saturated rings. The van der Waals surface area contributed by atoms with Gasteiger partial charge in [-0.2, -0.15) is 23.1 Å². The Hall–Kier alpha value is -5.05. The third-order valence-corrected chi connectivity index (χ3v) is 6.92. The summed E-state index contributed by atoms with van der Waals surface area (Å²) in [5.41, 5.74) is 0.331. The summed E-state index contributed by atoms with van der Waals surface area (Å²) in [5.74, 6) is -0.589. The molecule has 4 aromatic rings. The van der Waals surface area contributed by atoms with Crippen molar-refractivity contribution in [3.05, 3.63) is 71.7 Å². The lowest BCUT2D eigenvalue weighted by Gasteiger charge is -2.29. The van der Waals surface area contributed by atoms with Crippen LogP contribution in [-0.2, 0) is 11.0 Å². The minimum absolute atomic E-state index is 0.00659. The smallest absolute Gasteiger partial charge is 0.387 e. The Labute approximate surface area is 243 Å². The van der Waals surface area contributed by atoms with E-state index in [0.29, 0.717) is 55.1 Å². The number of carbonyl (C=O) groups is 2. The highest BCUT2D eigenvalue weighted by Gasteiger charge is 2.35. The van der Waals surface area contributed by atoms with E-state index in [1.54, 1.807) is 41.3 Å². The average Bonchev–Trinajstić information content (AvgIpc) is 3.51. The standard InChI is InChI=1S/C28H27F3N8O4/c1-32-25(42)19-4-2-3-5-21(19)35-24-20(28(29,30)31)14-33-27(37-24)34-18-8-6-16(7-9-18)23-36-26(43-38-23)17-10-12-39(13-11-17)22(41)15-40/h2-9,14,17,40H,10-13,15H2,1H3,(H,32,42)(H2,33,34,35,37). The number of hydrogen-bond donors (Lipinski definition) is 4. The second kappa shape index (κ2) is 12.4. The van der Waals surface area contributed by atoms with E-state index in [0.717, 1.165) is 0 Å². The molecule has 12 nitrogen and oxygen atoms in total. The second-order valence-corrected chi connectivity index (χ2v) is 9.68. The van der Waals surface area contributed by atoms with Gasteiger partial charge in [0.25, 0.3) is 5.91 Å². The summed E-state index contributed by atoms with van der Waals surface area (Å²) >= 11 is 0. The van der Waals surface area contributed by atoms with Gasteiger partial charge < -0.3 is 30.5 Å². The van der Waals surface area contributed by atoms with Gasteiger partial charge in [-0.25, -0.2) is 4.98 Å². The molecule has 5 rings (SSSR count). The van der Waals surface area contributed by atoms with Crippen LogP contribution >= 0.6 is 0 Å². The lowest BCUT2D eigenvalue weighted by atomic mass is 9.97. The summed E-state index contributed by atoms with van der Waals surface area (Å²) in [4.78, 5) is 37.9. The lowest BCUT2D eigenvalue weighted by Crippen LogP contribution is -2.39. The summed E-state index contributed by atoms with van der Waals surface area (Å²) in [7, 11) is 1.42. The lowest BCUT2D eigenvalue weighted by molar-refractivity contribution is -0.137. The highest BCUT2D eigenvalue weighted by molar-refractivity contribution is 6.00. The number of amides is 2. The Bertz CT molecular complexity index is 1600. The Morgan fingerprint density at radius 3 is 2.44 bits per heavy atom. The van der Waals surface area contributed by atoms with Crippen molar-refractivity contribution >= 4 is 35.0 Å². The maximum absolute atomic E-state index is 13.8. The first-order valence-corrected chi connectivity index (χ1v) is 13.3. The number of benzene rings is 2. The van der Waals surface area contributed by atoms with E-state index in [2.05, 4.69) is 36.1 Å². The molecule has 0 unspecified atom stereocenters. The minimum Gasteiger partial charge on any atom is -0.387 e. The average molecular weight is 597 g/mol. The van der Waals surface area contributed by atoms with Gasteiger partial charge in [0.05, 0.1) is 11.3 Å². The monoisotopic (exact) mass is 596 g/mol. The van der Waals surface area contributed by atoms with Crippen molar-refractivity contribution in [2.75, 3.05) is 37.4 Å². The molecule has 43 heavy (non-hydrogen) atoms. The van der Waals surface area contributed by atoms with Crippen LogP contribution in [0.25, 0.3) is 11.4 Å².